The SMILES string of the molecule is CC/N=C1/SC(C(C)C)=CC1=C(C)C. The van der Waals surface area contributed by atoms with Crippen molar-refractivity contribution in [3.8, 4) is 0 Å². The molecular formula is C12H19NS. The monoisotopic (exact) mass is 209 g/mol. The van der Waals surface area contributed by atoms with E-state index in [0.717, 1.165) is 6.54 Å². The zero-order valence-electron chi connectivity index (χ0n) is 9.72. The molecule has 0 aromatic rings. The van der Waals surface area contributed by atoms with Crippen LogP contribution in [0.4, 0.5) is 0 Å². The van der Waals surface area contributed by atoms with Crippen molar-refractivity contribution >= 4 is 16.8 Å². The lowest BCUT2D eigenvalue weighted by molar-refractivity contribution is 0.818. The van der Waals surface area contributed by atoms with Gasteiger partial charge < -0.3 is 0 Å². The molecule has 0 amide bonds. The van der Waals surface area contributed by atoms with Gasteiger partial charge in [-0.3, -0.25) is 4.99 Å². The summed E-state index contributed by atoms with van der Waals surface area (Å²) in [5.41, 5.74) is 2.70. The summed E-state index contributed by atoms with van der Waals surface area (Å²) in [7, 11) is 0. The highest BCUT2D eigenvalue weighted by Crippen LogP contribution is 2.37. The Labute approximate surface area is 91.4 Å². The molecule has 1 aliphatic rings. The van der Waals surface area contributed by atoms with Gasteiger partial charge in [0, 0.05) is 12.1 Å². The summed E-state index contributed by atoms with van der Waals surface area (Å²) in [6.45, 7) is 11.7. The van der Waals surface area contributed by atoms with Gasteiger partial charge in [0.2, 0.25) is 0 Å². The average Bonchev–Trinajstić information content (AvgIpc) is 2.49. The van der Waals surface area contributed by atoms with E-state index < -0.39 is 0 Å². The van der Waals surface area contributed by atoms with Gasteiger partial charge in [0.15, 0.2) is 0 Å². The summed E-state index contributed by atoms with van der Waals surface area (Å²) in [6, 6.07) is 0. The Bertz CT molecular complexity index is 304. The van der Waals surface area contributed by atoms with Crippen molar-refractivity contribution < 1.29 is 0 Å². The molecule has 0 atom stereocenters. The summed E-state index contributed by atoms with van der Waals surface area (Å²) in [5, 5.41) is 1.20. The lowest BCUT2D eigenvalue weighted by Crippen LogP contribution is -1.93. The Balaban J connectivity index is 3.01. The Morgan fingerprint density at radius 2 is 2.07 bits per heavy atom. The van der Waals surface area contributed by atoms with Crippen molar-refractivity contribution in [3.63, 3.8) is 0 Å². The molecule has 0 saturated heterocycles. The van der Waals surface area contributed by atoms with Crippen LogP contribution in [-0.2, 0) is 0 Å². The van der Waals surface area contributed by atoms with Crippen molar-refractivity contribution in [1.29, 1.82) is 0 Å². The molecule has 1 rings (SSSR count). The lowest BCUT2D eigenvalue weighted by Gasteiger charge is -2.03. The largest absolute Gasteiger partial charge is 0.278 e. The van der Waals surface area contributed by atoms with Gasteiger partial charge in [-0.1, -0.05) is 31.2 Å². The highest BCUT2D eigenvalue weighted by molar-refractivity contribution is 8.18. The number of rotatable bonds is 2. The first-order valence-corrected chi connectivity index (χ1v) is 5.99. The summed E-state index contributed by atoms with van der Waals surface area (Å²) in [5.74, 6) is 0.610. The smallest absolute Gasteiger partial charge is 0.102 e. The molecule has 0 N–H and O–H groups in total. The minimum atomic E-state index is 0.610. The molecule has 0 aliphatic carbocycles. The third-order valence-corrected chi connectivity index (χ3v) is 3.51. The second kappa shape index (κ2) is 4.83. The molecule has 2 heteroatoms. The first-order valence-electron chi connectivity index (χ1n) is 5.18. The van der Waals surface area contributed by atoms with Crippen LogP contribution in [-0.4, -0.2) is 11.6 Å². The molecule has 0 aromatic heterocycles. The molecule has 0 saturated carbocycles. The van der Waals surface area contributed by atoms with Crippen LogP contribution in [0.1, 0.15) is 34.6 Å². The van der Waals surface area contributed by atoms with Gasteiger partial charge in [0.1, 0.15) is 5.04 Å². The van der Waals surface area contributed by atoms with Crippen LogP contribution < -0.4 is 0 Å². The molecule has 78 valence electrons. The Morgan fingerprint density at radius 3 is 2.50 bits per heavy atom. The number of hydrogen-bond donors (Lipinski definition) is 0. The van der Waals surface area contributed by atoms with Crippen LogP contribution in [0.3, 0.4) is 0 Å². The highest BCUT2D eigenvalue weighted by Gasteiger charge is 2.20. The van der Waals surface area contributed by atoms with Gasteiger partial charge in [-0.15, -0.1) is 0 Å². The minimum absolute atomic E-state index is 0.610. The minimum Gasteiger partial charge on any atom is -0.278 e. The molecule has 0 radical (unpaired) electrons. The summed E-state index contributed by atoms with van der Waals surface area (Å²) < 4.78 is 0. The molecule has 0 spiro atoms. The Hall–Kier alpha value is -0.500. The third-order valence-electron chi connectivity index (χ3n) is 2.14. The molecule has 0 unspecified atom stereocenters. The van der Waals surface area contributed by atoms with Crippen LogP contribution in [0.15, 0.2) is 27.1 Å². The summed E-state index contributed by atoms with van der Waals surface area (Å²) in [4.78, 5) is 5.97. The van der Waals surface area contributed by atoms with E-state index in [9.17, 15) is 0 Å². The topological polar surface area (TPSA) is 12.4 Å². The zero-order valence-corrected chi connectivity index (χ0v) is 10.5. The van der Waals surface area contributed by atoms with Gasteiger partial charge in [-0.05, 0) is 37.7 Å². The predicted octanol–water partition coefficient (Wildman–Crippen LogP) is 4.03. The first-order chi connectivity index (χ1) is 6.56. The number of allylic oxidation sites excluding steroid dienone is 3. The standard InChI is InChI=1S/C12H19NS/c1-6-13-12-10(8(2)3)7-11(14-12)9(4)5/h7,9H,6H2,1-5H3/b13-12+. The van der Waals surface area contributed by atoms with E-state index in [2.05, 4.69) is 45.7 Å². The van der Waals surface area contributed by atoms with Crippen molar-refractivity contribution in [2.24, 2.45) is 10.9 Å². The van der Waals surface area contributed by atoms with Crippen molar-refractivity contribution in [2.75, 3.05) is 6.54 Å². The maximum atomic E-state index is 4.53. The normalized spacial score (nSPS) is 19.4. The molecule has 14 heavy (non-hydrogen) atoms. The van der Waals surface area contributed by atoms with Crippen LogP contribution in [0.25, 0.3) is 0 Å². The number of aliphatic imine (C=N–C) groups is 1. The Morgan fingerprint density at radius 1 is 1.43 bits per heavy atom. The van der Waals surface area contributed by atoms with E-state index in [1.54, 1.807) is 0 Å². The molecule has 1 heterocycles. The van der Waals surface area contributed by atoms with Crippen molar-refractivity contribution in [1.82, 2.24) is 0 Å². The molecule has 0 aromatic carbocycles. The Kier molecular flexibility index (Phi) is 3.99. The second-order valence-corrected chi connectivity index (χ2v) is 5.06. The number of thioether (sulfide) groups is 1. The van der Waals surface area contributed by atoms with Gasteiger partial charge in [-0.25, -0.2) is 0 Å². The zero-order chi connectivity index (χ0) is 10.7. The van der Waals surface area contributed by atoms with E-state index in [0.29, 0.717) is 5.92 Å². The van der Waals surface area contributed by atoms with Gasteiger partial charge >= 0.3 is 0 Å². The predicted molar refractivity (Wildman–Crippen MR) is 66.9 cm³/mol. The van der Waals surface area contributed by atoms with E-state index >= 15 is 0 Å². The van der Waals surface area contributed by atoms with E-state index in [4.69, 9.17) is 0 Å². The van der Waals surface area contributed by atoms with Crippen LogP contribution >= 0.6 is 11.8 Å². The van der Waals surface area contributed by atoms with Gasteiger partial charge in [0.05, 0.1) is 0 Å². The number of hydrogen-bond acceptors (Lipinski definition) is 2. The third kappa shape index (κ3) is 2.50. The molecular weight excluding hydrogens is 190 g/mol. The summed E-state index contributed by atoms with van der Waals surface area (Å²) in [6.07, 6.45) is 2.29. The first kappa shape index (κ1) is 11.6. The summed E-state index contributed by atoms with van der Waals surface area (Å²) >= 11 is 1.83. The molecule has 1 nitrogen and oxygen atoms in total. The van der Waals surface area contributed by atoms with E-state index in [-0.39, 0.29) is 0 Å². The fraction of sp³-hybridized carbons (Fsp3) is 0.583. The quantitative estimate of drug-likeness (QED) is 0.669. The van der Waals surface area contributed by atoms with E-state index in [1.165, 1.54) is 21.1 Å². The maximum absolute atomic E-state index is 4.53. The van der Waals surface area contributed by atoms with Gasteiger partial charge in [-0.2, -0.15) is 0 Å². The van der Waals surface area contributed by atoms with Crippen LogP contribution in [0.2, 0.25) is 0 Å². The molecule has 0 bridgehead atoms. The van der Waals surface area contributed by atoms with Crippen molar-refractivity contribution in [2.45, 2.75) is 34.6 Å². The molecule has 0 fully saturated rings. The highest BCUT2D eigenvalue weighted by atomic mass is 32.2. The van der Waals surface area contributed by atoms with Crippen LogP contribution in [0, 0.1) is 5.92 Å². The van der Waals surface area contributed by atoms with Gasteiger partial charge in [0.25, 0.3) is 0 Å². The second-order valence-electron chi connectivity index (χ2n) is 4.00. The molecule has 1 aliphatic heterocycles. The number of nitrogens with zero attached hydrogens (tertiary/aromatic N) is 1. The van der Waals surface area contributed by atoms with E-state index in [1.807, 2.05) is 11.8 Å². The van der Waals surface area contributed by atoms with Crippen LogP contribution in [0.5, 0.6) is 0 Å². The fourth-order valence-corrected chi connectivity index (χ4v) is 2.51. The maximum Gasteiger partial charge on any atom is 0.102 e. The fourth-order valence-electron chi connectivity index (χ4n) is 1.30. The lowest BCUT2D eigenvalue weighted by atomic mass is 10.1. The average molecular weight is 209 g/mol. The van der Waals surface area contributed by atoms with Crippen molar-refractivity contribution in [3.05, 3.63) is 22.1 Å².